The maximum absolute atomic E-state index is 10.2. The normalized spacial score (nSPS) is 9.75. The van der Waals surface area contributed by atoms with Gasteiger partial charge in [0.25, 0.3) is 0 Å². The van der Waals surface area contributed by atoms with Crippen molar-refractivity contribution in [3.8, 4) is 0 Å². The number of nitrogens with zero attached hydrogens (tertiary/aromatic N) is 1. The van der Waals surface area contributed by atoms with Gasteiger partial charge in [0.1, 0.15) is 12.6 Å². The average Bonchev–Trinajstić information content (AvgIpc) is 2.59. The Balaban J connectivity index is 2.34. The number of hydrogen-bond acceptors (Lipinski definition) is 5. The van der Waals surface area contributed by atoms with Crippen LogP contribution in [-0.4, -0.2) is 24.1 Å². The molecule has 1 heterocycles. The molecule has 0 bridgehead atoms. The molecule has 4 nitrogen and oxygen atoms in total. The first-order valence-corrected chi connectivity index (χ1v) is 4.28. The van der Waals surface area contributed by atoms with Crippen molar-refractivity contribution in [2.75, 3.05) is 11.9 Å². The second kappa shape index (κ2) is 4.61. The summed E-state index contributed by atoms with van der Waals surface area (Å²) in [6.45, 7) is 0.320. The van der Waals surface area contributed by atoms with Crippen molar-refractivity contribution in [2.24, 2.45) is 5.92 Å². The van der Waals surface area contributed by atoms with Gasteiger partial charge in [0.15, 0.2) is 5.13 Å². The molecule has 0 atom stereocenters. The van der Waals surface area contributed by atoms with Gasteiger partial charge in [0.05, 0.1) is 5.92 Å². The second-order valence-electron chi connectivity index (χ2n) is 2.15. The lowest BCUT2D eigenvalue weighted by molar-refractivity contribution is -0.118. The van der Waals surface area contributed by atoms with E-state index in [0.717, 1.165) is 5.13 Å². The van der Waals surface area contributed by atoms with Crippen molar-refractivity contribution in [2.45, 2.75) is 0 Å². The fourth-order valence-corrected chi connectivity index (χ4v) is 1.18. The van der Waals surface area contributed by atoms with E-state index in [1.165, 1.54) is 11.3 Å². The van der Waals surface area contributed by atoms with Crippen molar-refractivity contribution in [1.82, 2.24) is 4.98 Å². The zero-order valence-electron chi connectivity index (χ0n) is 6.27. The number of anilines is 1. The summed E-state index contributed by atoms with van der Waals surface area (Å²) >= 11 is 1.43. The van der Waals surface area contributed by atoms with E-state index in [1.807, 2.05) is 5.38 Å². The fraction of sp³-hybridized carbons (Fsp3) is 0.286. The third-order valence-corrected chi connectivity index (χ3v) is 2.00. The largest absolute Gasteiger partial charge is 0.360 e. The minimum atomic E-state index is -0.575. The molecule has 12 heavy (non-hydrogen) atoms. The van der Waals surface area contributed by atoms with E-state index < -0.39 is 5.92 Å². The van der Waals surface area contributed by atoms with Crippen molar-refractivity contribution >= 4 is 29.0 Å². The molecule has 0 aromatic carbocycles. The quantitative estimate of drug-likeness (QED) is 0.537. The number of aldehydes is 2. The van der Waals surface area contributed by atoms with Gasteiger partial charge in [-0.05, 0) is 0 Å². The lowest BCUT2D eigenvalue weighted by Crippen LogP contribution is -2.16. The number of hydrogen-bond donors (Lipinski definition) is 1. The Hall–Kier alpha value is -1.23. The fourth-order valence-electron chi connectivity index (χ4n) is 0.644. The molecule has 0 saturated carbocycles. The minimum absolute atomic E-state index is 0.320. The lowest BCUT2D eigenvalue weighted by atomic mass is 10.2. The molecule has 0 aliphatic rings. The highest BCUT2D eigenvalue weighted by molar-refractivity contribution is 7.13. The Morgan fingerprint density at radius 1 is 1.58 bits per heavy atom. The van der Waals surface area contributed by atoms with Gasteiger partial charge in [-0.25, -0.2) is 4.98 Å². The van der Waals surface area contributed by atoms with E-state index in [9.17, 15) is 9.59 Å². The molecule has 0 fully saturated rings. The Labute approximate surface area is 73.6 Å². The van der Waals surface area contributed by atoms with Crippen LogP contribution < -0.4 is 5.32 Å². The molecule has 0 radical (unpaired) electrons. The molecule has 64 valence electrons. The van der Waals surface area contributed by atoms with Gasteiger partial charge in [0.2, 0.25) is 0 Å². The number of carbonyl (C=O) groups excluding carboxylic acids is 2. The summed E-state index contributed by atoms with van der Waals surface area (Å²) in [5.41, 5.74) is 0. The average molecular weight is 184 g/mol. The van der Waals surface area contributed by atoms with Crippen LogP contribution >= 0.6 is 11.3 Å². The smallest absolute Gasteiger partial charge is 0.182 e. The number of carbonyl (C=O) groups is 2. The SMILES string of the molecule is O=CC(C=O)CNc1nccs1. The van der Waals surface area contributed by atoms with Crippen LogP contribution in [0.3, 0.4) is 0 Å². The van der Waals surface area contributed by atoms with Crippen LogP contribution in [0, 0.1) is 5.92 Å². The van der Waals surface area contributed by atoms with Gasteiger partial charge in [-0.2, -0.15) is 0 Å². The van der Waals surface area contributed by atoms with Crippen molar-refractivity contribution in [3.05, 3.63) is 11.6 Å². The third kappa shape index (κ3) is 2.43. The van der Waals surface area contributed by atoms with Crippen LogP contribution in [-0.2, 0) is 9.59 Å². The van der Waals surface area contributed by atoms with Gasteiger partial charge >= 0.3 is 0 Å². The summed E-state index contributed by atoms with van der Waals surface area (Å²) in [7, 11) is 0. The van der Waals surface area contributed by atoms with E-state index in [-0.39, 0.29) is 0 Å². The minimum Gasteiger partial charge on any atom is -0.360 e. The van der Waals surface area contributed by atoms with Gasteiger partial charge in [0, 0.05) is 18.1 Å². The molecule has 5 heteroatoms. The number of thiazole rings is 1. The first-order valence-electron chi connectivity index (χ1n) is 3.40. The van der Waals surface area contributed by atoms with E-state index in [2.05, 4.69) is 10.3 Å². The van der Waals surface area contributed by atoms with Gasteiger partial charge in [-0.3, -0.25) is 0 Å². The van der Waals surface area contributed by atoms with Crippen molar-refractivity contribution < 1.29 is 9.59 Å². The molecule has 0 aliphatic carbocycles. The number of nitrogens with one attached hydrogen (secondary N) is 1. The molecular formula is C7H8N2O2S. The lowest BCUT2D eigenvalue weighted by Gasteiger charge is -2.02. The topological polar surface area (TPSA) is 59.1 Å². The van der Waals surface area contributed by atoms with Gasteiger partial charge in [-0.15, -0.1) is 11.3 Å². The highest BCUT2D eigenvalue weighted by Gasteiger charge is 2.04. The van der Waals surface area contributed by atoms with E-state index in [4.69, 9.17) is 0 Å². The predicted molar refractivity (Wildman–Crippen MR) is 46.2 cm³/mol. The van der Waals surface area contributed by atoms with E-state index in [0.29, 0.717) is 19.1 Å². The Bertz CT molecular complexity index is 240. The highest BCUT2D eigenvalue weighted by atomic mass is 32.1. The molecule has 0 aliphatic heterocycles. The van der Waals surface area contributed by atoms with Crippen molar-refractivity contribution in [1.29, 1.82) is 0 Å². The van der Waals surface area contributed by atoms with Crippen LogP contribution in [0.4, 0.5) is 5.13 Å². The molecule has 1 aromatic rings. The third-order valence-electron chi connectivity index (χ3n) is 1.27. The first-order chi connectivity index (χ1) is 5.86. The summed E-state index contributed by atoms with van der Waals surface area (Å²) in [6, 6.07) is 0. The zero-order chi connectivity index (χ0) is 8.81. The summed E-state index contributed by atoms with van der Waals surface area (Å²) in [5.74, 6) is -0.575. The first kappa shape index (κ1) is 8.86. The molecule has 0 saturated heterocycles. The Morgan fingerprint density at radius 3 is 2.83 bits per heavy atom. The van der Waals surface area contributed by atoms with Crippen LogP contribution in [0.1, 0.15) is 0 Å². The monoisotopic (exact) mass is 184 g/mol. The zero-order valence-corrected chi connectivity index (χ0v) is 7.08. The van der Waals surface area contributed by atoms with E-state index >= 15 is 0 Å². The van der Waals surface area contributed by atoms with Crippen LogP contribution in [0.2, 0.25) is 0 Å². The maximum Gasteiger partial charge on any atom is 0.182 e. The second-order valence-corrected chi connectivity index (χ2v) is 3.05. The van der Waals surface area contributed by atoms with E-state index in [1.54, 1.807) is 6.20 Å². The van der Waals surface area contributed by atoms with Gasteiger partial charge in [-0.1, -0.05) is 0 Å². The van der Waals surface area contributed by atoms with Crippen LogP contribution in [0.25, 0.3) is 0 Å². The summed E-state index contributed by atoms with van der Waals surface area (Å²) in [6.07, 6.45) is 2.89. The summed E-state index contributed by atoms with van der Waals surface area (Å²) < 4.78 is 0. The molecule has 0 unspecified atom stereocenters. The summed E-state index contributed by atoms with van der Waals surface area (Å²) in [4.78, 5) is 24.3. The molecule has 1 rings (SSSR count). The molecule has 1 aromatic heterocycles. The maximum atomic E-state index is 10.2. The van der Waals surface area contributed by atoms with Crippen LogP contribution in [0.5, 0.6) is 0 Å². The Morgan fingerprint density at radius 2 is 2.33 bits per heavy atom. The predicted octanol–water partition coefficient (Wildman–Crippen LogP) is 0.569. The Kier molecular flexibility index (Phi) is 3.40. The summed E-state index contributed by atoms with van der Waals surface area (Å²) in [5, 5.41) is 5.42. The molecule has 1 N–H and O–H groups in total. The number of rotatable bonds is 5. The molecular weight excluding hydrogens is 176 g/mol. The van der Waals surface area contributed by atoms with Gasteiger partial charge < -0.3 is 14.9 Å². The highest BCUT2D eigenvalue weighted by Crippen LogP contribution is 2.09. The van der Waals surface area contributed by atoms with Crippen LogP contribution in [0.15, 0.2) is 11.6 Å². The van der Waals surface area contributed by atoms with Crippen molar-refractivity contribution in [3.63, 3.8) is 0 Å². The molecule has 0 spiro atoms. The number of aromatic nitrogens is 1. The standard InChI is InChI=1S/C7H8N2O2S/c10-4-6(5-11)3-9-7-8-1-2-12-7/h1-2,4-6H,3H2,(H,8,9). The molecule has 0 amide bonds.